The van der Waals surface area contributed by atoms with Crippen LogP contribution >= 0.6 is 0 Å². The summed E-state index contributed by atoms with van der Waals surface area (Å²) in [5.41, 5.74) is 2.89. The van der Waals surface area contributed by atoms with E-state index in [-0.39, 0.29) is 0 Å². The quantitative estimate of drug-likeness (QED) is 0.862. The molecule has 2 heterocycles. The molecule has 0 saturated carbocycles. The van der Waals surface area contributed by atoms with E-state index >= 15 is 0 Å². The fourth-order valence-electron chi connectivity index (χ4n) is 1.85. The van der Waals surface area contributed by atoms with E-state index < -0.39 is 6.10 Å². The van der Waals surface area contributed by atoms with Crippen LogP contribution in [0.15, 0.2) is 22.9 Å². The molecule has 1 atom stereocenters. The molecule has 0 fully saturated rings. The fourth-order valence-corrected chi connectivity index (χ4v) is 1.85. The average molecular weight is 220 g/mol. The molecule has 0 saturated heterocycles. The summed E-state index contributed by atoms with van der Waals surface area (Å²) in [4.78, 5) is 0. The first kappa shape index (κ1) is 11.0. The van der Waals surface area contributed by atoms with Gasteiger partial charge >= 0.3 is 0 Å². The van der Waals surface area contributed by atoms with Gasteiger partial charge in [-0.15, -0.1) is 0 Å². The Labute approximate surface area is 94.5 Å². The molecule has 2 aromatic heterocycles. The smallest absolute Gasteiger partial charge is 0.138 e. The number of aryl methyl sites for hydroxylation is 2. The van der Waals surface area contributed by atoms with Crippen molar-refractivity contribution >= 4 is 0 Å². The normalized spacial score (nSPS) is 13.0. The summed E-state index contributed by atoms with van der Waals surface area (Å²) < 4.78 is 7.13. The standard InChI is InChI=1S/C12H16N2O2/c1-8-11(10(3)16-13-8)7-14-6-4-5-12(14)9(2)15/h4-6,9,15H,7H2,1-3H3. The maximum Gasteiger partial charge on any atom is 0.138 e. The van der Waals surface area contributed by atoms with Crippen molar-refractivity contribution in [2.45, 2.75) is 33.4 Å². The molecule has 2 rings (SSSR count). The molecule has 0 aliphatic heterocycles. The van der Waals surface area contributed by atoms with Crippen LogP contribution in [0.3, 0.4) is 0 Å². The Balaban J connectivity index is 2.31. The summed E-state index contributed by atoms with van der Waals surface area (Å²) >= 11 is 0. The van der Waals surface area contributed by atoms with Gasteiger partial charge in [0.1, 0.15) is 5.76 Å². The highest BCUT2D eigenvalue weighted by molar-refractivity contribution is 5.23. The summed E-state index contributed by atoms with van der Waals surface area (Å²) in [7, 11) is 0. The SMILES string of the molecule is Cc1noc(C)c1Cn1cccc1C(C)O. The second kappa shape index (κ2) is 4.14. The topological polar surface area (TPSA) is 51.2 Å². The summed E-state index contributed by atoms with van der Waals surface area (Å²) in [6.45, 7) is 6.28. The summed E-state index contributed by atoms with van der Waals surface area (Å²) in [5, 5.41) is 13.5. The minimum absolute atomic E-state index is 0.463. The van der Waals surface area contributed by atoms with Gasteiger partial charge in [-0.3, -0.25) is 0 Å². The van der Waals surface area contributed by atoms with Crippen LogP contribution in [0.2, 0.25) is 0 Å². The molecule has 0 bridgehead atoms. The third-order valence-electron chi connectivity index (χ3n) is 2.80. The molecule has 4 nitrogen and oxygen atoms in total. The van der Waals surface area contributed by atoms with Gasteiger partial charge in [0.15, 0.2) is 0 Å². The van der Waals surface area contributed by atoms with Crippen molar-refractivity contribution in [3.63, 3.8) is 0 Å². The Hall–Kier alpha value is -1.55. The molecule has 0 amide bonds. The van der Waals surface area contributed by atoms with Gasteiger partial charge in [0.2, 0.25) is 0 Å². The van der Waals surface area contributed by atoms with Crippen molar-refractivity contribution in [2.24, 2.45) is 0 Å². The van der Waals surface area contributed by atoms with Gasteiger partial charge in [-0.05, 0) is 32.9 Å². The van der Waals surface area contributed by atoms with Gasteiger partial charge in [0.05, 0.1) is 18.3 Å². The van der Waals surface area contributed by atoms with Crippen molar-refractivity contribution in [1.29, 1.82) is 0 Å². The third kappa shape index (κ3) is 1.88. The molecule has 1 N–H and O–H groups in total. The van der Waals surface area contributed by atoms with Gasteiger partial charge in [-0.2, -0.15) is 0 Å². The Morgan fingerprint density at radius 3 is 2.81 bits per heavy atom. The van der Waals surface area contributed by atoms with Gasteiger partial charge < -0.3 is 14.2 Å². The monoisotopic (exact) mass is 220 g/mol. The molecule has 86 valence electrons. The zero-order valence-corrected chi connectivity index (χ0v) is 9.77. The third-order valence-corrected chi connectivity index (χ3v) is 2.80. The molecule has 0 radical (unpaired) electrons. The maximum atomic E-state index is 9.60. The summed E-state index contributed by atoms with van der Waals surface area (Å²) in [6, 6.07) is 3.85. The zero-order chi connectivity index (χ0) is 11.7. The van der Waals surface area contributed by atoms with Gasteiger partial charge in [-0.1, -0.05) is 5.16 Å². The van der Waals surface area contributed by atoms with E-state index in [0.717, 1.165) is 22.7 Å². The lowest BCUT2D eigenvalue weighted by Gasteiger charge is -2.10. The molecule has 0 spiro atoms. The lowest BCUT2D eigenvalue weighted by Crippen LogP contribution is -2.06. The van der Waals surface area contributed by atoms with Crippen molar-refractivity contribution in [2.75, 3.05) is 0 Å². The highest BCUT2D eigenvalue weighted by atomic mass is 16.5. The van der Waals surface area contributed by atoms with Gasteiger partial charge in [-0.25, -0.2) is 0 Å². The summed E-state index contributed by atoms with van der Waals surface area (Å²) in [6.07, 6.45) is 1.49. The van der Waals surface area contributed by atoms with Crippen LogP contribution in [0.4, 0.5) is 0 Å². The number of hydrogen-bond acceptors (Lipinski definition) is 3. The van der Waals surface area contributed by atoms with Crippen LogP contribution in [0.1, 0.15) is 35.7 Å². The second-order valence-corrected chi connectivity index (χ2v) is 4.04. The summed E-state index contributed by atoms with van der Waals surface area (Å²) in [5.74, 6) is 0.836. The molecular weight excluding hydrogens is 204 g/mol. The number of rotatable bonds is 3. The number of hydrogen-bond donors (Lipinski definition) is 1. The molecule has 4 heteroatoms. The van der Waals surface area contributed by atoms with Gasteiger partial charge in [0, 0.05) is 17.5 Å². The molecular formula is C12H16N2O2. The molecule has 0 aliphatic carbocycles. The van der Waals surface area contributed by atoms with E-state index in [1.807, 2.05) is 36.7 Å². The van der Waals surface area contributed by atoms with Crippen molar-refractivity contribution in [3.05, 3.63) is 41.0 Å². The molecule has 16 heavy (non-hydrogen) atoms. The van der Waals surface area contributed by atoms with Crippen LogP contribution < -0.4 is 0 Å². The molecule has 1 unspecified atom stereocenters. The number of aliphatic hydroxyl groups excluding tert-OH is 1. The first-order valence-electron chi connectivity index (χ1n) is 5.34. The zero-order valence-electron chi connectivity index (χ0n) is 9.77. The Bertz CT molecular complexity index is 463. The largest absolute Gasteiger partial charge is 0.387 e. The molecule has 0 aromatic carbocycles. The Morgan fingerprint density at radius 1 is 1.50 bits per heavy atom. The predicted molar refractivity (Wildman–Crippen MR) is 60.1 cm³/mol. The molecule has 2 aromatic rings. The Kier molecular flexibility index (Phi) is 2.83. The van der Waals surface area contributed by atoms with E-state index in [2.05, 4.69) is 5.16 Å². The number of aromatic nitrogens is 2. The van der Waals surface area contributed by atoms with Gasteiger partial charge in [0.25, 0.3) is 0 Å². The van der Waals surface area contributed by atoms with Crippen LogP contribution in [0.5, 0.6) is 0 Å². The Morgan fingerprint density at radius 2 is 2.25 bits per heavy atom. The minimum atomic E-state index is -0.463. The first-order valence-corrected chi connectivity index (χ1v) is 5.34. The van der Waals surface area contributed by atoms with Crippen molar-refractivity contribution in [3.8, 4) is 0 Å². The number of nitrogens with zero attached hydrogens (tertiary/aromatic N) is 2. The minimum Gasteiger partial charge on any atom is -0.387 e. The van der Waals surface area contributed by atoms with Crippen molar-refractivity contribution in [1.82, 2.24) is 9.72 Å². The van der Waals surface area contributed by atoms with Crippen LogP contribution in [0.25, 0.3) is 0 Å². The highest BCUT2D eigenvalue weighted by Gasteiger charge is 2.12. The average Bonchev–Trinajstić information content (AvgIpc) is 2.80. The second-order valence-electron chi connectivity index (χ2n) is 4.04. The van der Waals surface area contributed by atoms with E-state index in [0.29, 0.717) is 6.54 Å². The van der Waals surface area contributed by atoms with E-state index in [1.165, 1.54) is 0 Å². The van der Waals surface area contributed by atoms with Crippen LogP contribution in [-0.4, -0.2) is 14.8 Å². The van der Waals surface area contributed by atoms with E-state index in [9.17, 15) is 5.11 Å². The molecule has 0 aliphatic rings. The highest BCUT2D eigenvalue weighted by Crippen LogP contribution is 2.18. The van der Waals surface area contributed by atoms with E-state index in [4.69, 9.17) is 4.52 Å². The number of aliphatic hydroxyl groups is 1. The first-order chi connectivity index (χ1) is 7.59. The van der Waals surface area contributed by atoms with Crippen LogP contribution in [0, 0.1) is 13.8 Å². The lowest BCUT2D eigenvalue weighted by molar-refractivity contribution is 0.189. The van der Waals surface area contributed by atoms with Crippen LogP contribution in [-0.2, 0) is 6.54 Å². The van der Waals surface area contributed by atoms with E-state index in [1.54, 1.807) is 6.92 Å². The predicted octanol–water partition coefficient (Wildman–Crippen LogP) is 2.19. The fraction of sp³-hybridized carbons (Fsp3) is 0.417. The van der Waals surface area contributed by atoms with Crippen molar-refractivity contribution < 1.29 is 9.63 Å². The maximum absolute atomic E-state index is 9.60. The lowest BCUT2D eigenvalue weighted by atomic mass is 10.2.